The van der Waals surface area contributed by atoms with Crippen LogP contribution in [0, 0.1) is 17.8 Å². The minimum Gasteiger partial charge on any atom is -0.507 e. The third-order valence-electron chi connectivity index (χ3n) is 9.64. The van der Waals surface area contributed by atoms with Crippen LogP contribution in [0.4, 0.5) is 22.7 Å². The number of phenolic OH excluding ortho intramolecular Hbond substituents is 1. The van der Waals surface area contributed by atoms with E-state index < -0.39 is 23.7 Å². The molecule has 4 atom stereocenters. The number of azo groups is 1. The molecule has 10 nitrogen and oxygen atoms in total. The number of halogens is 1. The van der Waals surface area contributed by atoms with Crippen molar-refractivity contribution < 1.29 is 29.0 Å². The van der Waals surface area contributed by atoms with Gasteiger partial charge in [0.2, 0.25) is 11.8 Å². The van der Waals surface area contributed by atoms with Gasteiger partial charge in [-0.05, 0) is 95.4 Å². The highest BCUT2D eigenvalue weighted by Crippen LogP contribution is 2.57. The highest BCUT2D eigenvalue weighted by molar-refractivity contribution is 9.12. The second-order valence-electron chi connectivity index (χ2n) is 12.4. The molecule has 2 amide bonds. The van der Waals surface area contributed by atoms with E-state index in [0.717, 1.165) is 11.3 Å². The fourth-order valence-electron chi connectivity index (χ4n) is 7.39. The predicted molar refractivity (Wildman–Crippen MR) is 183 cm³/mol. The zero-order chi connectivity index (χ0) is 33.9. The van der Waals surface area contributed by atoms with Gasteiger partial charge in [0, 0.05) is 48.5 Å². The number of carbonyl (C=O) groups is 4. The number of rotatable bonds is 6. The average Bonchev–Trinajstić information content (AvgIpc) is 3.34. The number of amides is 2. The van der Waals surface area contributed by atoms with E-state index in [4.69, 9.17) is 4.74 Å². The third kappa shape index (κ3) is 5.09. The Labute approximate surface area is 285 Å². The Bertz CT molecular complexity index is 2010. The van der Waals surface area contributed by atoms with E-state index in [0.29, 0.717) is 28.4 Å². The number of carbonyl (C=O) groups excluding carboxylic acids is 4. The fourth-order valence-corrected chi connectivity index (χ4v) is 7.84. The number of hydrogen-bond donors (Lipinski definition) is 1. The van der Waals surface area contributed by atoms with E-state index >= 15 is 0 Å². The minimum atomic E-state index is -0.829. The number of methoxy groups -OCH3 is 1. The number of allylic oxidation sites excluding steroid dienone is 6. The number of fused-ring (bicyclic) bond motifs is 3. The van der Waals surface area contributed by atoms with Gasteiger partial charge in [0.05, 0.1) is 40.5 Å². The second kappa shape index (κ2) is 12.1. The molecule has 1 saturated heterocycles. The molecule has 4 aliphatic rings. The van der Waals surface area contributed by atoms with E-state index in [2.05, 4.69) is 26.2 Å². The number of nitrogens with zero attached hydrogens (tertiary/aromatic N) is 4. The number of anilines is 2. The average molecular weight is 708 g/mol. The topological polar surface area (TPSA) is 129 Å². The summed E-state index contributed by atoms with van der Waals surface area (Å²) in [4.78, 5) is 58.4. The lowest BCUT2D eigenvalue weighted by atomic mass is 9.59. The molecule has 3 aromatic rings. The van der Waals surface area contributed by atoms with Crippen molar-refractivity contribution in [2.45, 2.75) is 18.8 Å². The maximum atomic E-state index is 14.2. The number of imide groups is 1. The Morgan fingerprint density at radius 3 is 2.21 bits per heavy atom. The monoisotopic (exact) mass is 706 g/mol. The zero-order valence-corrected chi connectivity index (χ0v) is 28.0. The third-order valence-corrected chi connectivity index (χ3v) is 10.2. The molecule has 0 saturated carbocycles. The number of aromatic hydroxyl groups is 1. The quantitative estimate of drug-likeness (QED) is 0.129. The van der Waals surface area contributed by atoms with Crippen LogP contribution in [-0.4, -0.2) is 49.7 Å². The summed E-state index contributed by atoms with van der Waals surface area (Å²) < 4.78 is 5.74. The molecule has 1 fully saturated rings. The van der Waals surface area contributed by atoms with Crippen LogP contribution >= 0.6 is 15.9 Å². The molecule has 0 radical (unpaired) electrons. The van der Waals surface area contributed by atoms with Crippen molar-refractivity contribution in [1.29, 1.82) is 0 Å². The molecular formula is C37H31BrN4O6. The standard InChI is InChI=1S/C37H31BrN4O6/c1-41(2)21-11-7-19(8-12-21)39-40-20-9-13-22(14-10-20)42-36(46)24-16-15-23-25(31(24)37(42)47)17-26-32(29(44)18-27(38)35(26)45)33(23)34-28(43)5-4-6-30(34)48-3/h4-15,18,24-25,31,33,43H,16-17H2,1-3H3. The van der Waals surface area contributed by atoms with Crippen molar-refractivity contribution in [1.82, 2.24) is 0 Å². The summed E-state index contributed by atoms with van der Waals surface area (Å²) in [5.41, 5.74) is 4.31. The van der Waals surface area contributed by atoms with Crippen LogP contribution in [0.5, 0.6) is 11.5 Å². The van der Waals surface area contributed by atoms with Crippen LogP contribution in [-0.2, 0) is 19.2 Å². The predicted octanol–water partition coefficient (Wildman–Crippen LogP) is 6.85. The second-order valence-corrected chi connectivity index (χ2v) is 13.3. The molecule has 3 aliphatic carbocycles. The first-order valence-electron chi connectivity index (χ1n) is 15.5. The van der Waals surface area contributed by atoms with E-state index in [1.54, 1.807) is 36.4 Å². The van der Waals surface area contributed by atoms with Crippen LogP contribution in [0.3, 0.4) is 0 Å². The smallest absolute Gasteiger partial charge is 0.238 e. The van der Waals surface area contributed by atoms with Gasteiger partial charge in [0.1, 0.15) is 11.5 Å². The summed E-state index contributed by atoms with van der Waals surface area (Å²) >= 11 is 3.24. The van der Waals surface area contributed by atoms with Gasteiger partial charge in [-0.2, -0.15) is 10.2 Å². The number of phenols is 1. The molecule has 1 aliphatic heterocycles. The van der Waals surface area contributed by atoms with Gasteiger partial charge < -0.3 is 14.7 Å². The molecule has 11 heteroatoms. The van der Waals surface area contributed by atoms with E-state index in [-0.39, 0.29) is 57.6 Å². The van der Waals surface area contributed by atoms with Crippen molar-refractivity contribution in [3.05, 3.63) is 106 Å². The molecule has 1 heterocycles. The van der Waals surface area contributed by atoms with Crippen molar-refractivity contribution in [2.24, 2.45) is 28.0 Å². The van der Waals surface area contributed by atoms with E-state index in [9.17, 15) is 24.3 Å². The van der Waals surface area contributed by atoms with Crippen LogP contribution in [0.25, 0.3) is 0 Å². The van der Waals surface area contributed by atoms with Gasteiger partial charge >= 0.3 is 0 Å². The van der Waals surface area contributed by atoms with Crippen molar-refractivity contribution >= 4 is 62.1 Å². The molecule has 0 spiro atoms. The molecule has 1 N–H and O–H groups in total. The summed E-state index contributed by atoms with van der Waals surface area (Å²) in [6, 6.07) is 19.2. The van der Waals surface area contributed by atoms with Crippen LogP contribution in [0.2, 0.25) is 0 Å². The molecule has 242 valence electrons. The number of hydrogen-bond acceptors (Lipinski definition) is 9. The van der Waals surface area contributed by atoms with Crippen molar-refractivity contribution in [2.75, 3.05) is 31.0 Å². The van der Waals surface area contributed by atoms with E-state index in [1.165, 1.54) is 24.2 Å². The van der Waals surface area contributed by atoms with Crippen LogP contribution < -0.4 is 14.5 Å². The maximum Gasteiger partial charge on any atom is 0.238 e. The lowest BCUT2D eigenvalue weighted by Gasteiger charge is -2.42. The molecule has 7 rings (SSSR count). The number of ketones is 2. The first kappa shape index (κ1) is 31.4. The summed E-state index contributed by atoms with van der Waals surface area (Å²) in [5.74, 6) is -3.92. The molecule has 0 bridgehead atoms. The lowest BCUT2D eigenvalue weighted by Crippen LogP contribution is -2.39. The van der Waals surface area contributed by atoms with Crippen molar-refractivity contribution in [3.63, 3.8) is 0 Å². The summed E-state index contributed by atoms with van der Waals surface area (Å²) in [6.07, 6.45) is 3.54. The van der Waals surface area contributed by atoms with Gasteiger partial charge in [0.15, 0.2) is 11.6 Å². The number of Topliss-reactive ketones (excluding diaryl/α,β-unsaturated/α-hetero) is 1. The molecular weight excluding hydrogens is 676 g/mol. The molecule has 4 unspecified atom stereocenters. The van der Waals surface area contributed by atoms with Crippen LogP contribution in [0.15, 0.2) is 110 Å². The van der Waals surface area contributed by atoms with E-state index in [1.807, 2.05) is 49.3 Å². The fraction of sp³-hybridized carbons (Fsp3) is 0.243. The summed E-state index contributed by atoms with van der Waals surface area (Å²) in [5, 5.41) is 19.7. The van der Waals surface area contributed by atoms with Crippen LogP contribution in [0.1, 0.15) is 24.3 Å². The Balaban J connectivity index is 1.21. The Kier molecular flexibility index (Phi) is 7.95. The van der Waals surface area contributed by atoms with Gasteiger partial charge in [0.25, 0.3) is 0 Å². The van der Waals surface area contributed by atoms with Gasteiger partial charge in [-0.25, -0.2) is 0 Å². The van der Waals surface area contributed by atoms with Gasteiger partial charge in [-0.1, -0.05) is 17.7 Å². The van der Waals surface area contributed by atoms with Gasteiger partial charge in [-0.15, -0.1) is 0 Å². The lowest BCUT2D eigenvalue weighted by molar-refractivity contribution is -0.123. The SMILES string of the molecule is COc1cccc(O)c1C1C2=CCC3C(=O)N(c4ccc(N=Nc5ccc(N(C)C)cc5)cc4)C(=O)C3C2CC2=C1C(=O)C=C(Br)C2=O. The normalized spacial score (nSPS) is 23.5. The first-order chi connectivity index (χ1) is 23.1. The van der Waals surface area contributed by atoms with Crippen molar-refractivity contribution in [3.8, 4) is 11.5 Å². The molecule has 0 aromatic heterocycles. The number of benzene rings is 3. The summed E-state index contributed by atoms with van der Waals surface area (Å²) in [7, 11) is 5.39. The molecule has 48 heavy (non-hydrogen) atoms. The molecule has 3 aromatic carbocycles. The van der Waals surface area contributed by atoms with Gasteiger partial charge in [-0.3, -0.25) is 24.1 Å². The Hall–Kier alpha value is -5.16. The zero-order valence-electron chi connectivity index (χ0n) is 26.4. The largest absolute Gasteiger partial charge is 0.507 e. The summed E-state index contributed by atoms with van der Waals surface area (Å²) in [6.45, 7) is 0. The Morgan fingerprint density at radius 1 is 0.896 bits per heavy atom. The first-order valence-corrected chi connectivity index (χ1v) is 16.3. The Morgan fingerprint density at radius 2 is 1.56 bits per heavy atom. The highest BCUT2D eigenvalue weighted by Gasteiger charge is 2.57. The maximum absolute atomic E-state index is 14.2. The number of ether oxygens (including phenoxy) is 1. The minimum absolute atomic E-state index is 0.0954. The highest BCUT2D eigenvalue weighted by atomic mass is 79.9.